The quantitative estimate of drug-likeness (QED) is 0.489. The van der Waals surface area contributed by atoms with Crippen LogP contribution >= 0.6 is 23.4 Å². The molecule has 0 radical (unpaired) electrons. The van der Waals surface area contributed by atoms with Gasteiger partial charge in [-0.05, 0) is 19.2 Å². The van der Waals surface area contributed by atoms with E-state index < -0.39 is 0 Å². The van der Waals surface area contributed by atoms with Crippen LogP contribution in [0.25, 0.3) is 10.9 Å². The van der Waals surface area contributed by atoms with Crippen LogP contribution in [-0.2, 0) is 0 Å². The zero-order chi connectivity index (χ0) is 13.1. The normalized spacial score (nSPS) is 10.7. The molecule has 1 aromatic heterocycles. The molecular weight excluding hydrogens is 272 g/mol. The van der Waals surface area contributed by atoms with Crippen LogP contribution in [0.15, 0.2) is 17.3 Å². The van der Waals surface area contributed by atoms with Gasteiger partial charge in [0.15, 0.2) is 16.7 Å². The van der Waals surface area contributed by atoms with Crippen LogP contribution in [0.2, 0.25) is 5.15 Å². The smallest absolute Gasteiger partial charge is 0.189 e. The summed E-state index contributed by atoms with van der Waals surface area (Å²) in [5, 5.41) is 1.82. The maximum atomic E-state index is 6.15. The third-order valence-electron chi connectivity index (χ3n) is 2.40. The Morgan fingerprint density at radius 3 is 2.67 bits per heavy atom. The lowest BCUT2D eigenvalue weighted by atomic mass is 10.2. The first-order valence-corrected chi connectivity index (χ1v) is 7.02. The number of rotatable bonds is 4. The van der Waals surface area contributed by atoms with Crippen molar-refractivity contribution in [2.45, 2.75) is 12.1 Å². The second kappa shape index (κ2) is 5.63. The maximum absolute atomic E-state index is 6.15. The Bertz CT molecular complexity index is 577. The van der Waals surface area contributed by atoms with Gasteiger partial charge in [0, 0.05) is 11.5 Å². The zero-order valence-electron chi connectivity index (χ0n) is 10.4. The standard InChI is InChI=1S/C12H13ClN2O2S/c1-4-17-10-5-7-8(6-9(10)16-2)14-12(18-3)15-11(7)13/h5-6H,4H2,1-3H3. The zero-order valence-corrected chi connectivity index (χ0v) is 11.9. The van der Waals surface area contributed by atoms with Crippen LogP contribution < -0.4 is 9.47 Å². The fourth-order valence-electron chi connectivity index (χ4n) is 1.60. The minimum Gasteiger partial charge on any atom is -0.493 e. The first kappa shape index (κ1) is 13.2. The molecule has 2 aromatic rings. The summed E-state index contributed by atoms with van der Waals surface area (Å²) in [5.74, 6) is 1.29. The Morgan fingerprint density at radius 2 is 2.06 bits per heavy atom. The third kappa shape index (κ3) is 2.47. The van der Waals surface area contributed by atoms with Gasteiger partial charge in [0.2, 0.25) is 0 Å². The Hall–Kier alpha value is -1.20. The highest BCUT2D eigenvalue weighted by Crippen LogP contribution is 2.34. The molecule has 0 bridgehead atoms. The highest BCUT2D eigenvalue weighted by Gasteiger charge is 2.12. The highest BCUT2D eigenvalue weighted by atomic mass is 35.5. The van der Waals surface area contributed by atoms with Gasteiger partial charge in [-0.1, -0.05) is 23.4 Å². The molecule has 18 heavy (non-hydrogen) atoms. The van der Waals surface area contributed by atoms with E-state index in [9.17, 15) is 0 Å². The summed E-state index contributed by atoms with van der Waals surface area (Å²) in [6.45, 7) is 2.47. The monoisotopic (exact) mass is 284 g/mol. The van der Waals surface area contributed by atoms with Gasteiger partial charge in [-0.15, -0.1) is 0 Å². The number of ether oxygens (including phenoxy) is 2. The topological polar surface area (TPSA) is 44.2 Å². The summed E-state index contributed by atoms with van der Waals surface area (Å²) in [4.78, 5) is 8.59. The number of halogens is 1. The number of fused-ring (bicyclic) bond motifs is 1. The van der Waals surface area contributed by atoms with E-state index in [2.05, 4.69) is 9.97 Å². The fraction of sp³-hybridized carbons (Fsp3) is 0.333. The number of hydrogen-bond donors (Lipinski definition) is 0. The van der Waals surface area contributed by atoms with Gasteiger partial charge in [-0.3, -0.25) is 0 Å². The van der Waals surface area contributed by atoms with Gasteiger partial charge in [-0.25, -0.2) is 9.97 Å². The van der Waals surface area contributed by atoms with E-state index in [4.69, 9.17) is 21.1 Å². The van der Waals surface area contributed by atoms with Crippen LogP contribution in [0.3, 0.4) is 0 Å². The van der Waals surface area contributed by atoms with E-state index >= 15 is 0 Å². The number of nitrogens with zero attached hydrogens (tertiary/aromatic N) is 2. The summed E-state index contributed by atoms with van der Waals surface area (Å²) in [7, 11) is 1.60. The lowest BCUT2D eigenvalue weighted by Crippen LogP contribution is -1.97. The van der Waals surface area contributed by atoms with Gasteiger partial charge in [0.1, 0.15) is 5.15 Å². The van der Waals surface area contributed by atoms with E-state index in [1.54, 1.807) is 7.11 Å². The fourth-order valence-corrected chi connectivity index (χ4v) is 2.25. The Balaban J connectivity index is 2.66. The van der Waals surface area contributed by atoms with Gasteiger partial charge in [-0.2, -0.15) is 0 Å². The largest absolute Gasteiger partial charge is 0.493 e. The lowest BCUT2D eigenvalue weighted by Gasteiger charge is -2.11. The van der Waals surface area contributed by atoms with Gasteiger partial charge < -0.3 is 9.47 Å². The first-order valence-electron chi connectivity index (χ1n) is 5.41. The summed E-state index contributed by atoms with van der Waals surface area (Å²) in [6.07, 6.45) is 1.91. The molecule has 0 saturated carbocycles. The minimum absolute atomic E-state index is 0.424. The predicted octanol–water partition coefficient (Wildman–Crippen LogP) is 3.41. The van der Waals surface area contributed by atoms with Crippen LogP contribution in [0, 0.1) is 0 Å². The minimum atomic E-state index is 0.424. The van der Waals surface area contributed by atoms with Crippen molar-refractivity contribution in [1.29, 1.82) is 0 Å². The van der Waals surface area contributed by atoms with Crippen molar-refractivity contribution in [3.63, 3.8) is 0 Å². The summed E-state index contributed by atoms with van der Waals surface area (Å²) < 4.78 is 10.8. The van der Waals surface area contributed by atoms with Crippen molar-refractivity contribution in [1.82, 2.24) is 9.97 Å². The SMILES string of the molecule is CCOc1cc2c(Cl)nc(SC)nc2cc1OC. The second-order valence-electron chi connectivity index (χ2n) is 3.45. The van der Waals surface area contributed by atoms with Crippen LogP contribution in [0.5, 0.6) is 11.5 Å². The number of methoxy groups -OCH3 is 1. The molecule has 0 aliphatic carbocycles. The highest BCUT2D eigenvalue weighted by molar-refractivity contribution is 7.98. The molecule has 0 aliphatic heterocycles. The Labute approximate surface area is 115 Å². The van der Waals surface area contributed by atoms with Crippen LogP contribution in [0.4, 0.5) is 0 Å². The summed E-state index contributed by atoms with van der Waals surface area (Å²) >= 11 is 7.59. The Kier molecular flexibility index (Phi) is 4.14. The molecule has 6 heteroatoms. The molecule has 0 atom stereocenters. The Morgan fingerprint density at radius 1 is 1.28 bits per heavy atom. The van der Waals surface area contributed by atoms with Gasteiger partial charge >= 0.3 is 0 Å². The molecule has 0 fully saturated rings. The predicted molar refractivity (Wildman–Crippen MR) is 74.1 cm³/mol. The van der Waals surface area contributed by atoms with E-state index in [-0.39, 0.29) is 0 Å². The molecule has 1 heterocycles. The van der Waals surface area contributed by atoms with Crippen LogP contribution in [-0.4, -0.2) is 29.9 Å². The van der Waals surface area contributed by atoms with Crippen LogP contribution in [0.1, 0.15) is 6.92 Å². The van der Waals surface area contributed by atoms with E-state index in [1.165, 1.54) is 11.8 Å². The maximum Gasteiger partial charge on any atom is 0.189 e. The van der Waals surface area contributed by atoms with Gasteiger partial charge in [0.25, 0.3) is 0 Å². The molecule has 4 nitrogen and oxygen atoms in total. The van der Waals surface area contributed by atoms with Gasteiger partial charge in [0.05, 0.1) is 19.2 Å². The van der Waals surface area contributed by atoms with Crippen molar-refractivity contribution in [3.05, 3.63) is 17.3 Å². The van der Waals surface area contributed by atoms with Crippen molar-refractivity contribution in [2.24, 2.45) is 0 Å². The molecule has 1 aromatic carbocycles. The average Bonchev–Trinajstić information content (AvgIpc) is 2.38. The molecule has 0 unspecified atom stereocenters. The molecular formula is C12H13ClN2O2S. The van der Waals surface area contributed by atoms with Crippen molar-refractivity contribution >= 4 is 34.3 Å². The van der Waals surface area contributed by atoms with E-state index in [0.717, 1.165) is 10.9 Å². The van der Waals surface area contributed by atoms with E-state index in [1.807, 2.05) is 25.3 Å². The average molecular weight is 285 g/mol. The van der Waals surface area contributed by atoms with E-state index in [0.29, 0.717) is 28.4 Å². The lowest BCUT2D eigenvalue weighted by molar-refractivity contribution is 0.311. The first-order chi connectivity index (χ1) is 8.69. The molecule has 2 rings (SSSR count). The van der Waals surface area contributed by atoms with Crippen molar-refractivity contribution in [3.8, 4) is 11.5 Å². The molecule has 96 valence electrons. The number of thioether (sulfide) groups is 1. The second-order valence-corrected chi connectivity index (χ2v) is 4.59. The molecule has 0 N–H and O–H groups in total. The molecule has 0 spiro atoms. The molecule has 0 aliphatic rings. The number of aromatic nitrogens is 2. The van der Waals surface area contributed by atoms with Crippen molar-refractivity contribution in [2.75, 3.05) is 20.0 Å². The molecule has 0 amide bonds. The number of benzene rings is 1. The molecule has 0 saturated heterocycles. The third-order valence-corrected chi connectivity index (χ3v) is 3.23. The van der Waals surface area contributed by atoms with Crippen molar-refractivity contribution < 1.29 is 9.47 Å². The number of hydrogen-bond acceptors (Lipinski definition) is 5. The summed E-state index contributed by atoms with van der Waals surface area (Å²) in [5.41, 5.74) is 0.750. The summed E-state index contributed by atoms with van der Waals surface area (Å²) in [6, 6.07) is 3.62.